The second-order valence-corrected chi connectivity index (χ2v) is 10.1. The quantitative estimate of drug-likeness (QED) is 0.197. The summed E-state index contributed by atoms with van der Waals surface area (Å²) in [4.78, 5) is 32.5. The lowest BCUT2D eigenvalue weighted by Crippen LogP contribution is -2.29. The number of rotatable bonds is 3. The van der Waals surface area contributed by atoms with Gasteiger partial charge in [-0.3, -0.25) is 14.5 Å². The Labute approximate surface area is 216 Å². The number of halogens is 2. The van der Waals surface area contributed by atoms with Crippen molar-refractivity contribution in [3.63, 3.8) is 0 Å². The van der Waals surface area contributed by atoms with Gasteiger partial charge in [0.25, 0.3) is 5.78 Å². The largest absolute Gasteiger partial charge is 0.507 e. The molecule has 0 bridgehead atoms. The third kappa shape index (κ3) is 3.73. The van der Waals surface area contributed by atoms with Crippen molar-refractivity contribution in [2.45, 2.75) is 6.04 Å². The number of carbonyl (C=O) groups excluding carboxylic acids is 2. The van der Waals surface area contributed by atoms with Gasteiger partial charge < -0.3 is 14.6 Å². The molecule has 2 aliphatic rings. The lowest BCUT2D eigenvalue weighted by Gasteiger charge is -2.23. The molecular formula is C26H16BrFN2O5S. The van der Waals surface area contributed by atoms with Gasteiger partial charge in [0.2, 0.25) is 0 Å². The molecule has 3 aromatic carbocycles. The number of hydrogen-bond acceptors (Lipinski definition) is 7. The minimum absolute atomic E-state index is 0.0792. The molecule has 2 aliphatic heterocycles. The van der Waals surface area contributed by atoms with E-state index in [9.17, 15) is 19.1 Å². The minimum atomic E-state index is -0.947. The topological polar surface area (TPSA) is 89.0 Å². The fourth-order valence-corrected chi connectivity index (χ4v) is 5.61. The molecule has 1 atom stereocenters. The van der Waals surface area contributed by atoms with Gasteiger partial charge in [0.15, 0.2) is 16.6 Å². The van der Waals surface area contributed by atoms with Crippen molar-refractivity contribution in [3.05, 3.63) is 87.7 Å². The number of anilines is 1. The maximum atomic E-state index is 13.8. The van der Waals surface area contributed by atoms with Gasteiger partial charge in [-0.05, 0) is 54.1 Å². The number of Topliss-reactive ketones (excluding diaryl/α,β-unsaturated/α-hetero) is 1. The molecular weight excluding hydrogens is 551 g/mol. The average molecular weight is 567 g/mol. The number of aromatic nitrogens is 1. The summed E-state index contributed by atoms with van der Waals surface area (Å²) >= 11 is 4.50. The molecule has 1 unspecified atom stereocenters. The van der Waals surface area contributed by atoms with E-state index in [1.165, 1.54) is 23.1 Å². The van der Waals surface area contributed by atoms with Crippen molar-refractivity contribution < 1.29 is 28.6 Å². The molecule has 0 aliphatic carbocycles. The summed E-state index contributed by atoms with van der Waals surface area (Å²) in [5, 5.41) is 11.6. The Hall–Kier alpha value is -3.76. The van der Waals surface area contributed by atoms with Gasteiger partial charge in [0.1, 0.15) is 24.8 Å². The molecule has 1 N–H and O–H groups in total. The lowest BCUT2D eigenvalue weighted by molar-refractivity contribution is -0.132. The Morgan fingerprint density at radius 1 is 1.03 bits per heavy atom. The van der Waals surface area contributed by atoms with Gasteiger partial charge in [-0.15, -0.1) is 0 Å². The van der Waals surface area contributed by atoms with Crippen LogP contribution < -0.4 is 14.4 Å². The molecule has 0 radical (unpaired) electrons. The molecule has 36 heavy (non-hydrogen) atoms. The van der Waals surface area contributed by atoms with Gasteiger partial charge in [-0.2, -0.15) is 0 Å². The summed E-state index contributed by atoms with van der Waals surface area (Å²) < 4.78 is 26.3. The smallest absolute Gasteiger partial charge is 0.301 e. The predicted octanol–water partition coefficient (Wildman–Crippen LogP) is 5.60. The Morgan fingerprint density at radius 2 is 1.78 bits per heavy atom. The molecule has 1 aromatic heterocycles. The molecule has 1 fully saturated rings. The zero-order valence-corrected chi connectivity index (χ0v) is 20.8. The van der Waals surface area contributed by atoms with E-state index in [0.29, 0.717) is 46.1 Å². The first-order valence-corrected chi connectivity index (χ1v) is 12.5. The summed E-state index contributed by atoms with van der Waals surface area (Å²) in [5.41, 5.74) is 1.33. The van der Waals surface area contributed by atoms with Crippen LogP contribution in [-0.4, -0.2) is 35.0 Å². The number of carbonyl (C=O) groups is 2. The molecule has 6 rings (SSSR count). The van der Waals surface area contributed by atoms with Crippen LogP contribution in [0.1, 0.15) is 17.2 Å². The van der Waals surface area contributed by atoms with Crippen LogP contribution in [0.15, 0.2) is 70.7 Å². The van der Waals surface area contributed by atoms with E-state index in [0.717, 1.165) is 15.8 Å². The molecule has 4 aromatic rings. The summed E-state index contributed by atoms with van der Waals surface area (Å²) in [6.45, 7) is 0.776. The Bertz CT molecular complexity index is 1580. The monoisotopic (exact) mass is 566 g/mol. The number of benzene rings is 3. The number of fused-ring (bicyclic) bond motifs is 2. The first-order chi connectivity index (χ1) is 17.4. The molecule has 10 heteroatoms. The number of ketones is 1. The first kappa shape index (κ1) is 22.7. The summed E-state index contributed by atoms with van der Waals surface area (Å²) in [6, 6.07) is 15.1. The summed E-state index contributed by atoms with van der Waals surface area (Å²) in [5.74, 6) is -1.48. The number of hydrogen-bond donors (Lipinski definition) is 1. The number of nitrogens with zero attached hydrogens (tertiary/aromatic N) is 2. The van der Waals surface area contributed by atoms with Crippen LogP contribution in [0, 0.1) is 5.82 Å². The first-order valence-electron chi connectivity index (χ1n) is 10.9. The number of thiazole rings is 1. The van der Waals surface area contributed by atoms with Crippen LogP contribution in [0.5, 0.6) is 11.5 Å². The molecule has 3 heterocycles. The third-order valence-electron chi connectivity index (χ3n) is 5.99. The standard InChI is InChI=1S/C26H16BrFN2O5S/c27-15-4-1-13(2-5-15)22-21(23(31)14-3-8-18-19(11-14)35-10-9-34-18)24(32)25(33)30(22)26-29-17-7-6-16(28)12-20(17)36-26/h1-8,11-12,22,31H,9-10H2/b23-21+. The van der Waals surface area contributed by atoms with Crippen LogP contribution in [0.4, 0.5) is 9.52 Å². The molecule has 1 saturated heterocycles. The second kappa shape index (κ2) is 8.72. The normalized spacial score (nSPS) is 18.7. The van der Waals surface area contributed by atoms with Crippen LogP contribution in [-0.2, 0) is 9.59 Å². The Morgan fingerprint density at radius 3 is 2.56 bits per heavy atom. The number of aliphatic hydroxyl groups excluding tert-OH is 1. The van der Waals surface area contributed by atoms with E-state index >= 15 is 0 Å². The van der Waals surface area contributed by atoms with E-state index in [1.807, 2.05) is 0 Å². The zero-order chi connectivity index (χ0) is 25.0. The molecule has 0 saturated carbocycles. The van der Waals surface area contributed by atoms with Crippen LogP contribution >= 0.6 is 27.3 Å². The highest BCUT2D eigenvalue weighted by atomic mass is 79.9. The Kier molecular flexibility index (Phi) is 5.50. The van der Waals surface area contributed by atoms with Gasteiger partial charge in [-0.25, -0.2) is 9.37 Å². The molecule has 7 nitrogen and oxygen atoms in total. The van der Waals surface area contributed by atoms with E-state index in [4.69, 9.17) is 9.47 Å². The van der Waals surface area contributed by atoms with Crippen molar-refractivity contribution in [1.29, 1.82) is 0 Å². The van der Waals surface area contributed by atoms with Crippen molar-refractivity contribution in [3.8, 4) is 11.5 Å². The van der Waals surface area contributed by atoms with Crippen molar-refractivity contribution >= 4 is 60.1 Å². The Balaban J connectivity index is 1.54. The van der Waals surface area contributed by atoms with Gasteiger partial charge in [0, 0.05) is 10.0 Å². The predicted molar refractivity (Wildman–Crippen MR) is 136 cm³/mol. The fourth-order valence-electron chi connectivity index (χ4n) is 4.33. The van der Waals surface area contributed by atoms with E-state index in [-0.39, 0.29) is 16.5 Å². The van der Waals surface area contributed by atoms with Gasteiger partial charge in [0.05, 0.1) is 21.8 Å². The number of aliphatic hydroxyl groups is 1. The molecule has 180 valence electrons. The highest BCUT2D eigenvalue weighted by Gasteiger charge is 2.48. The minimum Gasteiger partial charge on any atom is -0.507 e. The van der Waals surface area contributed by atoms with Crippen molar-refractivity contribution in [2.24, 2.45) is 0 Å². The van der Waals surface area contributed by atoms with Gasteiger partial charge >= 0.3 is 5.91 Å². The maximum absolute atomic E-state index is 13.8. The molecule has 1 amide bonds. The average Bonchev–Trinajstić information content (AvgIpc) is 3.41. The highest BCUT2D eigenvalue weighted by molar-refractivity contribution is 9.10. The van der Waals surface area contributed by atoms with Crippen molar-refractivity contribution in [1.82, 2.24) is 4.98 Å². The zero-order valence-electron chi connectivity index (χ0n) is 18.4. The second-order valence-electron chi connectivity index (χ2n) is 8.19. The van der Waals surface area contributed by atoms with Crippen LogP contribution in [0.25, 0.3) is 16.0 Å². The third-order valence-corrected chi connectivity index (χ3v) is 7.54. The van der Waals surface area contributed by atoms with Crippen LogP contribution in [0.3, 0.4) is 0 Å². The molecule has 0 spiro atoms. The SMILES string of the molecule is O=C1C(=O)N(c2nc3ccc(F)cc3s2)C(c2ccc(Br)cc2)/C1=C(\O)c1ccc2c(c1)OCCO2. The number of ether oxygens (including phenoxy) is 2. The van der Waals surface area contributed by atoms with Crippen LogP contribution in [0.2, 0.25) is 0 Å². The lowest BCUT2D eigenvalue weighted by atomic mass is 9.95. The summed E-state index contributed by atoms with van der Waals surface area (Å²) in [7, 11) is 0. The summed E-state index contributed by atoms with van der Waals surface area (Å²) in [6.07, 6.45) is 0. The van der Waals surface area contributed by atoms with E-state index in [1.54, 1.807) is 42.5 Å². The number of amides is 1. The van der Waals surface area contributed by atoms with E-state index in [2.05, 4.69) is 20.9 Å². The van der Waals surface area contributed by atoms with E-state index < -0.39 is 23.5 Å². The fraction of sp³-hybridized carbons (Fsp3) is 0.115. The van der Waals surface area contributed by atoms with Crippen molar-refractivity contribution in [2.75, 3.05) is 18.1 Å². The van der Waals surface area contributed by atoms with Gasteiger partial charge in [-0.1, -0.05) is 39.4 Å². The maximum Gasteiger partial charge on any atom is 0.301 e. The highest BCUT2D eigenvalue weighted by Crippen LogP contribution is 2.45.